The molecule has 0 aliphatic heterocycles. The molecule has 68 valence electrons. The van der Waals surface area contributed by atoms with Crippen molar-refractivity contribution in [1.29, 1.82) is 0 Å². The van der Waals surface area contributed by atoms with Crippen LogP contribution in [0, 0.1) is 0 Å². The van der Waals surface area contributed by atoms with Crippen molar-refractivity contribution in [2.24, 2.45) is 12.8 Å². The predicted octanol–water partition coefficient (Wildman–Crippen LogP) is 1.26. The lowest BCUT2D eigenvalue weighted by molar-refractivity contribution is 0.415. The highest BCUT2D eigenvalue weighted by atomic mass is 15.3. The third kappa shape index (κ3) is 1.67. The first-order valence-electron chi connectivity index (χ1n) is 4.19. The van der Waals surface area contributed by atoms with Crippen LogP contribution in [0.2, 0.25) is 0 Å². The minimum atomic E-state index is -0.187. The molecule has 1 heterocycles. The number of hydrogen-bond donors (Lipinski definition) is 1. The summed E-state index contributed by atoms with van der Waals surface area (Å²) in [5.41, 5.74) is 6.99. The van der Waals surface area contributed by atoms with Crippen LogP contribution in [0.5, 0.6) is 0 Å². The summed E-state index contributed by atoms with van der Waals surface area (Å²) in [6, 6.07) is 2.01. The fourth-order valence-electron chi connectivity index (χ4n) is 1.19. The lowest BCUT2D eigenvalue weighted by Gasteiger charge is -2.27. The molecule has 0 bridgehead atoms. The van der Waals surface area contributed by atoms with Crippen LogP contribution >= 0.6 is 0 Å². The van der Waals surface area contributed by atoms with Crippen molar-refractivity contribution < 1.29 is 0 Å². The Labute approximate surface area is 73.6 Å². The zero-order valence-corrected chi connectivity index (χ0v) is 8.20. The van der Waals surface area contributed by atoms with Gasteiger partial charge >= 0.3 is 0 Å². The quantitative estimate of drug-likeness (QED) is 0.720. The van der Waals surface area contributed by atoms with Crippen LogP contribution in [0.1, 0.15) is 32.4 Å². The first-order chi connectivity index (χ1) is 5.43. The molecular formula is C9H17N3. The van der Waals surface area contributed by atoms with Gasteiger partial charge in [0.05, 0.1) is 0 Å². The molecule has 0 fully saturated rings. The van der Waals surface area contributed by atoms with Crippen molar-refractivity contribution in [2.75, 3.05) is 0 Å². The number of nitrogens with two attached hydrogens (primary N) is 1. The van der Waals surface area contributed by atoms with Gasteiger partial charge in [0.25, 0.3) is 0 Å². The Morgan fingerprint density at radius 2 is 2.17 bits per heavy atom. The highest BCUT2D eigenvalue weighted by Crippen LogP contribution is 2.24. The average molecular weight is 167 g/mol. The Hall–Kier alpha value is -0.830. The van der Waals surface area contributed by atoms with Crippen LogP contribution in [-0.2, 0) is 7.05 Å². The molecule has 1 rings (SSSR count). The van der Waals surface area contributed by atoms with E-state index in [-0.39, 0.29) is 5.54 Å². The summed E-state index contributed by atoms with van der Waals surface area (Å²) in [7, 11) is 1.94. The van der Waals surface area contributed by atoms with Gasteiger partial charge in [-0.2, -0.15) is 5.10 Å². The van der Waals surface area contributed by atoms with Crippen molar-refractivity contribution >= 4 is 0 Å². The van der Waals surface area contributed by atoms with Crippen molar-refractivity contribution in [3.8, 4) is 0 Å². The van der Waals surface area contributed by atoms with Gasteiger partial charge in [-0.05, 0) is 19.9 Å². The highest BCUT2D eigenvalue weighted by Gasteiger charge is 2.24. The normalized spacial score (nSPS) is 14.8. The number of rotatable bonds is 2. The maximum absolute atomic E-state index is 6.00. The molecule has 0 aromatic carbocycles. The van der Waals surface area contributed by atoms with E-state index in [1.807, 2.05) is 31.6 Å². The van der Waals surface area contributed by atoms with E-state index in [1.54, 1.807) is 6.20 Å². The van der Waals surface area contributed by atoms with Gasteiger partial charge in [0.2, 0.25) is 0 Å². The van der Waals surface area contributed by atoms with Gasteiger partial charge in [-0.25, -0.2) is 0 Å². The summed E-state index contributed by atoms with van der Waals surface area (Å²) in [5.74, 6) is 0.324. The minimum Gasteiger partial charge on any atom is -0.325 e. The SMILES string of the molecule is CC(c1ccnn1C)C(C)(C)N. The molecule has 0 amide bonds. The van der Waals surface area contributed by atoms with Crippen LogP contribution in [-0.4, -0.2) is 15.3 Å². The fourth-order valence-corrected chi connectivity index (χ4v) is 1.19. The molecule has 0 radical (unpaired) electrons. The van der Waals surface area contributed by atoms with E-state index in [2.05, 4.69) is 12.0 Å². The van der Waals surface area contributed by atoms with Crippen LogP contribution in [0.4, 0.5) is 0 Å². The van der Waals surface area contributed by atoms with E-state index in [4.69, 9.17) is 5.73 Å². The zero-order chi connectivity index (χ0) is 9.35. The lowest BCUT2D eigenvalue weighted by atomic mass is 9.87. The molecule has 12 heavy (non-hydrogen) atoms. The molecule has 0 saturated carbocycles. The summed E-state index contributed by atoms with van der Waals surface area (Å²) >= 11 is 0. The third-order valence-corrected chi connectivity index (χ3v) is 2.42. The zero-order valence-electron chi connectivity index (χ0n) is 8.20. The fraction of sp³-hybridized carbons (Fsp3) is 0.667. The second kappa shape index (κ2) is 2.90. The Bertz CT molecular complexity index is 257. The van der Waals surface area contributed by atoms with Crippen molar-refractivity contribution in [2.45, 2.75) is 32.2 Å². The van der Waals surface area contributed by atoms with Gasteiger partial charge in [0, 0.05) is 30.4 Å². The average Bonchev–Trinajstić information content (AvgIpc) is 2.31. The van der Waals surface area contributed by atoms with E-state index in [9.17, 15) is 0 Å². The third-order valence-electron chi connectivity index (χ3n) is 2.42. The van der Waals surface area contributed by atoms with Crippen molar-refractivity contribution in [3.63, 3.8) is 0 Å². The minimum absolute atomic E-state index is 0.187. The van der Waals surface area contributed by atoms with E-state index < -0.39 is 0 Å². The maximum atomic E-state index is 6.00. The number of hydrogen-bond acceptors (Lipinski definition) is 2. The lowest BCUT2D eigenvalue weighted by Crippen LogP contribution is -2.38. The van der Waals surface area contributed by atoms with Gasteiger partial charge in [-0.1, -0.05) is 6.92 Å². The highest BCUT2D eigenvalue weighted by molar-refractivity contribution is 5.11. The second-order valence-corrected chi connectivity index (χ2v) is 3.92. The van der Waals surface area contributed by atoms with Crippen LogP contribution in [0.3, 0.4) is 0 Å². The molecule has 1 aromatic heterocycles. The van der Waals surface area contributed by atoms with Crippen LogP contribution in [0.25, 0.3) is 0 Å². The molecule has 3 nitrogen and oxygen atoms in total. The molecule has 2 N–H and O–H groups in total. The van der Waals surface area contributed by atoms with Gasteiger partial charge in [-0.15, -0.1) is 0 Å². The topological polar surface area (TPSA) is 43.8 Å². The molecule has 0 spiro atoms. The van der Waals surface area contributed by atoms with Crippen molar-refractivity contribution in [1.82, 2.24) is 9.78 Å². The molecule has 1 aromatic rings. The van der Waals surface area contributed by atoms with Gasteiger partial charge in [-0.3, -0.25) is 4.68 Å². The summed E-state index contributed by atoms with van der Waals surface area (Å²) in [4.78, 5) is 0. The number of aromatic nitrogens is 2. The summed E-state index contributed by atoms with van der Waals surface area (Å²) in [6.07, 6.45) is 1.80. The smallest absolute Gasteiger partial charge is 0.0492 e. The van der Waals surface area contributed by atoms with Crippen LogP contribution < -0.4 is 5.73 Å². The summed E-state index contributed by atoms with van der Waals surface area (Å²) in [6.45, 7) is 6.19. The van der Waals surface area contributed by atoms with E-state index in [0.29, 0.717) is 5.92 Å². The van der Waals surface area contributed by atoms with E-state index >= 15 is 0 Å². The Morgan fingerprint density at radius 3 is 2.50 bits per heavy atom. The molecule has 1 atom stereocenters. The number of aryl methyl sites for hydroxylation is 1. The molecule has 1 unspecified atom stereocenters. The molecule has 0 saturated heterocycles. The molecular weight excluding hydrogens is 150 g/mol. The van der Waals surface area contributed by atoms with Crippen molar-refractivity contribution in [3.05, 3.63) is 18.0 Å². The van der Waals surface area contributed by atoms with Gasteiger partial charge in [0.15, 0.2) is 0 Å². The van der Waals surface area contributed by atoms with Gasteiger partial charge in [0.1, 0.15) is 0 Å². The Morgan fingerprint density at radius 1 is 1.58 bits per heavy atom. The van der Waals surface area contributed by atoms with Crippen LogP contribution in [0.15, 0.2) is 12.3 Å². The van der Waals surface area contributed by atoms with Gasteiger partial charge < -0.3 is 5.73 Å². The first kappa shape index (κ1) is 9.26. The number of nitrogens with zero attached hydrogens (tertiary/aromatic N) is 2. The molecule has 0 aliphatic carbocycles. The summed E-state index contributed by atoms with van der Waals surface area (Å²) < 4.78 is 1.87. The first-order valence-corrected chi connectivity index (χ1v) is 4.19. The largest absolute Gasteiger partial charge is 0.325 e. The van der Waals surface area contributed by atoms with E-state index in [0.717, 1.165) is 0 Å². The predicted molar refractivity (Wildman–Crippen MR) is 49.9 cm³/mol. The maximum Gasteiger partial charge on any atom is 0.0492 e. The Kier molecular flexibility index (Phi) is 2.24. The molecule has 0 aliphatic rings. The summed E-state index contributed by atoms with van der Waals surface area (Å²) in [5, 5.41) is 4.11. The monoisotopic (exact) mass is 167 g/mol. The second-order valence-electron chi connectivity index (χ2n) is 3.92. The Balaban J connectivity index is 2.92. The molecule has 3 heteroatoms. The standard InChI is InChI=1S/C9H17N3/c1-7(9(2,3)10)8-5-6-11-12(8)4/h5-7H,10H2,1-4H3. The van der Waals surface area contributed by atoms with E-state index in [1.165, 1.54) is 5.69 Å².